The first-order valence-electron chi connectivity index (χ1n) is 4.85. The van der Waals surface area contributed by atoms with E-state index in [2.05, 4.69) is 21.2 Å². The summed E-state index contributed by atoms with van der Waals surface area (Å²) in [5.41, 5.74) is 0. The summed E-state index contributed by atoms with van der Waals surface area (Å²) in [5, 5.41) is 16.8. The smallest absolute Gasteiger partial charge is 0.147 e. The third-order valence-electron chi connectivity index (χ3n) is 2.64. The van der Waals surface area contributed by atoms with Crippen molar-refractivity contribution in [3.63, 3.8) is 0 Å². The van der Waals surface area contributed by atoms with Crippen molar-refractivity contribution >= 4 is 0 Å². The summed E-state index contributed by atoms with van der Waals surface area (Å²) in [6, 6.07) is 2.33. The van der Waals surface area contributed by atoms with Crippen molar-refractivity contribution in [2.45, 2.75) is 32.5 Å². The molecule has 0 amide bonds. The van der Waals surface area contributed by atoms with Crippen LogP contribution in [0.15, 0.2) is 6.33 Å². The highest BCUT2D eigenvalue weighted by Crippen LogP contribution is 2.13. The van der Waals surface area contributed by atoms with E-state index in [0.29, 0.717) is 0 Å². The van der Waals surface area contributed by atoms with Crippen molar-refractivity contribution in [1.29, 1.82) is 5.26 Å². The minimum Gasteiger partial charge on any atom is -0.315 e. The van der Waals surface area contributed by atoms with E-state index in [-0.39, 0.29) is 6.04 Å². The maximum Gasteiger partial charge on any atom is 0.147 e. The predicted molar refractivity (Wildman–Crippen MR) is 50.1 cm³/mol. The Morgan fingerprint density at radius 3 is 3.21 bits per heavy atom. The lowest BCUT2D eigenvalue weighted by molar-refractivity contribution is 0.180. The molecule has 0 bridgehead atoms. The third kappa shape index (κ3) is 1.49. The van der Waals surface area contributed by atoms with Gasteiger partial charge in [-0.1, -0.05) is 6.92 Å². The summed E-state index contributed by atoms with van der Waals surface area (Å²) in [7, 11) is 0. The van der Waals surface area contributed by atoms with Gasteiger partial charge in [0.25, 0.3) is 0 Å². The number of rotatable bonds is 2. The van der Waals surface area contributed by atoms with Gasteiger partial charge in [-0.3, -0.25) is 4.90 Å². The Labute approximate surface area is 83.0 Å². The van der Waals surface area contributed by atoms with E-state index in [1.54, 1.807) is 6.33 Å². The minimum atomic E-state index is 0.0143. The van der Waals surface area contributed by atoms with Crippen molar-refractivity contribution in [1.82, 2.24) is 19.7 Å². The maximum atomic E-state index is 8.94. The fourth-order valence-corrected chi connectivity index (χ4v) is 1.78. The number of hydrogen-bond donors (Lipinski definition) is 0. The van der Waals surface area contributed by atoms with Gasteiger partial charge in [-0.05, 0) is 6.42 Å². The highest BCUT2D eigenvalue weighted by Gasteiger charge is 2.22. The van der Waals surface area contributed by atoms with Crippen LogP contribution in [0.2, 0.25) is 0 Å². The number of fused-ring (bicyclic) bond motifs is 1. The molecule has 1 aromatic rings. The Morgan fingerprint density at radius 1 is 1.64 bits per heavy atom. The molecule has 0 aromatic carbocycles. The molecule has 0 saturated carbocycles. The lowest BCUT2D eigenvalue weighted by Crippen LogP contribution is -2.40. The third-order valence-corrected chi connectivity index (χ3v) is 2.64. The van der Waals surface area contributed by atoms with Crippen LogP contribution in [0.4, 0.5) is 0 Å². The van der Waals surface area contributed by atoms with Crippen molar-refractivity contribution in [3.05, 3.63) is 12.2 Å². The van der Waals surface area contributed by atoms with Crippen LogP contribution in [-0.4, -0.2) is 32.3 Å². The average molecular weight is 191 g/mol. The van der Waals surface area contributed by atoms with Gasteiger partial charge in [-0.15, -0.1) is 10.2 Å². The summed E-state index contributed by atoms with van der Waals surface area (Å²) >= 11 is 0. The SMILES string of the molecule is CCC(C#N)N1CCn2cnnc2C1. The van der Waals surface area contributed by atoms with Crippen molar-refractivity contribution in [2.24, 2.45) is 0 Å². The molecule has 1 atom stereocenters. The monoisotopic (exact) mass is 191 g/mol. The lowest BCUT2D eigenvalue weighted by atomic mass is 10.2. The zero-order valence-corrected chi connectivity index (χ0v) is 8.22. The molecule has 1 aliphatic rings. The molecule has 1 unspecified atom stereocenters. The fourth-order valence-electron chi connectivity index (χ4n) is 1.78. The predicted octanol–water partition coefficient (Wildman–Crippen LogP) is 0.396. The number of nitrogens with zero attached hydrogens (tertiary/aromatic N) is 5. The molecule has 0 fully saturated rings. The van der Waals surface area contributed by atoms with Gasteiger partial charge in [-0.2, -0.15) is 5.26 Å². The molecule has 0 aliphatic carbocycles. The van der Waals surface area contributed by atoms with Gasteiger partial charge in [0, 0.05) is 13.1 Å². The first-order chi connectivity index (χ1) is 6.85. The van der Waals surface area contributed by atoms with Crippen molar-refractivity contribution in [2.75, 3.05) is 6.54 Å². The van der Waals surface area contributed by atoms with Gasteiger partial charge in [0.1, 0.15) is 12.2 Å². The first kappa shape index (κ1) is 9.16. The van der Waals surface area contributed by atoms with E-state index >= 15 is 0 Å². The molecule has 1 aliphatic heterocycles. The Bertz CT molecular complexity index is 350. The van der Waals surface area contributed by atoms with Crippen LogP contribution in [-0.2, 0) is 13.1 Å². The van der Waals surface area contributed by atoms with E-state index in [9.17, 15) is 0 Å². The molecule has 0 radical (unpaired) electrons. The molecule has 2 heterocycles. The quantitative estimate of drug-likeness (QED) is 0.678. The Hall–Kier alpha value is -1.41. The summed E-state index contributed by atoms with van der Waals surface area (Å²) in [4.78, 5) is 2.16. The first-order valence-corrected chi connectivity index (χ1v) is 4.85. The largest absolute Gasteiger partial charge is 0.315 e. The van der Waals surface area contributed by atoms with Gasteiger partial charge < -0.3 is 4.57 Å². The normalized spacial score (nSPS) is 18.6. The van der Waals surface area contributed by atoms with E-state index in [1.807, 2.05) is 11.5 Å². The maximum absolute atomic E-state index is 8.94. The molecule has 0 N–H and O–H groups in total. The highest BCUT2D eigenvalue weighted by molar-refractivity contribution is 4.97. The standard InChI is InChI=1S/C9H13N5/c1-2-8(5-10)13-3-4-14-7-11-12-9(14)6-13/h7-8H,2-4,6H2,1H3. The summed E-state index contributed by atoms with van der Waals surface area (Å²) in [6.07, 6.45) is 2.62. The van der Waals surface area contributed by atoms with Crippen LogP contribution < -0.4 is 0 Å². The molecule has 5 heteroatoms. The van der Waals surface area contributed by atoms with Gasteiger partial charge in [0.15, 0.2) is 0 Å². The van der Waals surface area contributed by atoms with E-state index in [4.69, 9.17) is 5.26 Å². The van der Waals surface area contributed by atoms with Gasteiger partial charge in [0.05, 0.1) is 18.7 Å². The number of hydrogen-bond acceptors (Lipinski definition) is 4. The van der Waals surface area contributed by atoms with Crippen LogP contribution in [0.5, 0.6) is 0 Å². The van der Waals surface area contributed by atoms with Gasteiger partial charge in [0.2, 0.25) is 0 Å². The Kier molecular flexibility index (Phi) is 2.46. The molecule has 1 aromatic heterocycles. The van der Waals surface area contributed by atoms with Gasteiger partial charge in [-0.25, -0.2) is 0 Å². The molecule has 74 valence electrons. The van der Waals surface area contributed by atoms with Crippen molar-refractivity contribution in [3.8, 4) is 6.07 Å². The zero-order chi connectivity index (χ0) is 9.97. The van der Waals surface area contributed by atoms with Crippen LogP contribution in [0.1, 0.15) is 19.2 Å². The molecular weight excluding hydrogens is 178 g/mol. The summed E-state index contributed by atoms with van der Waals surface area (Å²) in [6.45, 7) is 4.58. The zero-order valence-electron chi connectivity index (χ0n) is 8.22. The van der Waals surface area contributed by atoms with Crippen LogP contribution in [0.3, 0.4) is 0 Å². The number of aromatic nitrogens is 3. The minimum absolute atomic E-state index is 0.0143. The summed E-state index contributed by atoms with van der Waals surface area (Å²) < 4.78 is 2.04. The van der Waals surface area contributed by atoms with E-state index in [0.717, 1.165) is 31.9 Å². The van der Waals surface area contributed by atoms with Crippen LogP contribution >= 0.6 is 0 Å². The van der Waals surface area contributed by atoms with Crippen molar-refractivity contribution < 1.29 is 0 Å². The lowest BCUT2D eigenvalue weighted by Gasteiger charge is -2.29. The molecule has 0 saturated heterocycles. The second kappa shape index (κ2) is 3.76. The number of nitriles is 1. The average Bonchev–Trinajstić information content (AvgIpc) is 2.66. The molecule has 2 rings (SSSR count). The van der Waals surface area contributed by atoms with Crippen LogP contribution in [0, 0.1) is 11.3 Å². The molecule has 14 heavy (non-hydrogen) atoms. The molecule has 5 nitrogen and oxygen atoms in total. The van der Waals surface area contributed by atoms with E-state index in [1.165, 1.54) is 0 Å². The second-order valence-corrected chi connectivity index (χ2v) is 3.46. The topological polar surface area (TPSA) is 57.7 Å². The Balaban J connectivity index is 2.11. The fraction of sp³-hybridized carbons (Fsp3) is 0.667. The highest BCUT2D eigenvalue weighted by atomic mass is 15.3. The van der Waals surface area contributed by atoms with Gasteiger partial charge >= 0.3 is 0 Å². The molecule has 0 spiro atoms. The molecular formula is C9H13N5. The van der Waals surface area contributed by atoms with E-state index < -0.39 is 0 Å². The second-order valence-electron chi connectivity index (χ2n) is 3.46. The Morgan fingerprint density at radius 2 is 2.50 bits per heavy atom. The van der Waals surface area contributed by atoms with Crippen LogP contribution in [0.25, 0.3) is 0 Å². The summed E-state index contributed by atoms with van der Waals surface area (Å²) in [5.74, 6) is 0.963.